The molecule has 0 bridgehead atoms. The number of aryl methyl sites for hydroxylation is 4. The van der Waals surface area contributed by atoms with E-state index in [1.165, 1.54) is 132 Å². The monoisotopic (exact) mass is 974 g/mol. The highest BCUT2D eigenvalue weighted by Crippen LogP contribution is 2.55. The van der Waals surface area contributed by atoms with Crippen molar-refractivity contribution < 1.29 is 0 Å². The van der Waals surface area contributed by atoms with Crippen LogP contribution >= 0.6 is 0 Å². The minimum Gasteiger partial charge on any atom is -0.310 e. The zero-order chi connectivity index (χ0) is 51.1. The molecule has 15 aromatic rings. The molecule has 4 aromatic heterocycles. The van der Waals surface area contributed by atoms with Crippen LogP contribution in [0.2, 0.25) is 0 Å². The molecule has 76 heavy (non-hydrogen) atoms. The Morgan fingerprint density at radius 3 is 0.974 bits per heavy atom. The molecule has 0 aliphatic carbocycles. The molecule has 0 radical (unpaired) electrons. The van der Waals surface area contributed by atoms with E-state index in [-0.39, 0.29) is 0 Å². The molecule has 0 saturated heterocycles. The summed E-state index contributed by atoms with van der Waals surface area (Å²) in [5.41, 5.74) is 26.8. The first-order chi connectivity index (χ1) is 37.2. The van der Waals surface area contributed by atoms with E-state index in [0.29, 0.717) is 0 Å². The lowest BCUT2D eigenvalue weighted by Gasteiger charge is -2.27. The van der Waals surface area contributed by atoms with Crippen LogP contribution in [0, 0.1) is 41.5 Å². The van der Waals surface area contributed by atoms with Gasteiger partial charge in [-0.25, -0.2) is 0 Å². The van der Waals surface area contributed by atoms with Gasteiger partial charge < -0.3 is 18.6 Å². The van der Waals surface area contributed by atoms with E-state index < -0.39 is 0 Å². The normalized spacial score (nSPS) is 12.1. The zero-order valence-electron chi connectivity index (χ0n) is 43.6. The van der Waals surface area contributed by atoms with Gasteiger partial charge in [0.1, 0.15) is 0 Å². The van der Waals surface area contributed by atoms with Gasteiger partial charge in [0.25, 0.3) is 0 Å². The molecule has 0 spiro atoms. The van der Waals surface area contributed by atoms with Crippen LogP contribution in [0.25, 0.3) is 98.4 Å². The smallest absolute Gasteiger partial charge is 0.0634 e. The number of benzene rings is 11. The standard InChI is InChI=1S/C72H54N4/c1-43-37-55(38-44(2)47(43)5)73(51-25-15-9-16-26-51)53-33-35-57-59-29-19-31-61-67-66(50-23-13-8-14-24-50)72-68(65(49-21-11-7-12-22-49)71(67)75(69(59)61)63(57)41-53)62-32-20-30-60-58-36-34-54(42-64(58)76(72)70(60)62)74(52-27-17-10-18-28-52)56-39-45(3)48(6)46(4)40-56/h7-42H,1-6H3. The summed E-state index contributed by atoms with van der Waals surface area (Å²) < 4.78 is 5.27. The number of fused-ring (bicyclic) bond motifs is 12. The summed E-state index contributed by atoms with van der Waals surface area (Å²) in [5, 5.41) is 10.0. The topological polar surface area (TPSA) is 15.3 Å². The average molecular weight is 975 g/mol. The Morgan fingerprint density at radius 2 is 0.605 bits per heavy atom. The molecule has 0 N–H and O–H groups in total. The Labute approximate surface area is 442 Å². The van der Waals surface area contributed by atoms with E-state index in [9.17, 15) is 0 Å². The molecule has 0 aliphatic heterocycles. The first-order valence-corrected chi connectivity index (χ1v) is 26.6. The maximum atomic E-state index is 2.63. The molecule has 15 rings (SSSR count). The van der Waals surface area contributed by atoms with Crippen LogP contribution in [0.3, 0.4) is 0 Å². The van der Waals surface area contributed by atoms with Crippen molar-refractivity contribution >= 4 is 110 Å². The van der Waals surface area contributed by atoms with Gasteiger partial charge in [0.2, 0.25) is 0 Å². The Balaban J connectivity index is 1.12. The van der Waals surface area contributed by atoms with Gasteiger partial charge in [0, 0.05) is 88.3 Å². The first-order valence-electron chi connectivity index (χ1n) is 26.6. The molecule has 0 unspecified atom stereocenters. The van der Waals surface area contributed by atoms with Crippen molar-refractivity contribution in [1.82, 2.24) is 8.80 Å². The van der Waals surface area contributed by atoms with Gasteiger partial charge in [-0.2, -0.15) is 0 Å². The van der Waals surface area contributed by atoms with Crippen LogP contribution < -0.4 is 9.80 Å². The third kappa shape index (κ3) is 6.25. The van der Waals surface area contributed by atoms with Crippen molar-refractivity contribution in [3.05, 3.63) is 252 Å². The molecule has 4 heteroatoms. The van der Waals surface area contributed by atoms with E-state index in [4.69, 9.17) is 0 Å². The fourth-order valence-electron chi connectivity index (χ4n) is 13.1. The number of para-hydroxylation sites is 4. The number of hydrogen-bond acceptors (Lipinski definition) is 2. The van der Waals surface area contributed by atoms with E-state index in [1.807, 2.05) is 0 Å². The molecule has 0 aliphatic rings. The third-order valence-electron chi connectivity index (χ3n) is 17.0. The lowest BCUT2D eigenvalue weighted by molar-refractivity contribution is 1.21. The predicted molar refractivity (Wildman–Crippen MR) is 324 cm³/mol. The molecule has 0 saturated carbocycles. The van der Waals surface area contributed by atoms with Crippen molar-refractivity contribution in [1.29, 1.82) is 0 Å². The molecule has 0 amide bonds. The maximum Gasteiger partial charge on any atom is 0.0634 e. The van der Waals surface area contributed by atoms with E-state index in [2.05, 4.69) is 279 Å². The maximum absolute atomic E-state index is 2.63. The third-order valence-corrected chi connectivity index (χ3v) is 17.0. The number of nitrogens with zero attached hydrogens (tertiary/aromatic N) is 4. The Hall–Kier alpha value is -9.38. The number of aromatic nitrogens is 2. The summed E-state index contributed by atoms with van der Waals surface area (Å²) in [7, 11) is 0. The number of hydrogen-bond donors (Lipinski definition) is 0. The summed E-state index contributed by atoms with van der Waals surface area (Å²) in [6.07, 6.45) is 0. The molecule has 4 nitrogen and oxygen atoms in total. The molecule has 0 atom stereocenters. The zero-order valence-corrected chi connectivity index (χ0v) is 43.6. The molecule has 11 aromatic carbocycles. The average Bonchev–Trinajstić information content (AvgIpc) is 4.29. The molecule has 4 heterocycles. The van der Waals surface area contributed by atoms with Gasteiger partial charge in [0.15, 0.2) is 0 Å². The highest BCUT2D eigenvalue weighted by Gasteiger charge is 2.31. The lowest BCUT2D eigenvalue weighted by atomic mass is 9.89. The predicted octanol–water partition coefficient (Wildman–Crippen LogP) is 20.1. The van der Waals surface area contributed by atoms with Crippen molar-refractivity contribution in [2.45, 2.75) is 41.5 Å². The molecule has 0 fully saturated rings. The lowest BCUT2D eigenvalue weighted by Crippen LogP contribution is -2.11. The van der Waals surface area contributed by atoms with E-state index in [1.54, 1.807) is 0 Å². The fraction of sp³-hybridized carbons (Fsp3) is 0.0833. The summed E-state index contributed by atoms with van der Waals surface area (Å²) in [6.45, 7) is 13.4. The number of rotatable bonds is 8. The number of anilines is 6. The summed E-state index contributed by atoms with van der Waals surface area (Å²) in [6, 6.07) is 81.7. The van der Waals surface area contributed by atoms with Crippen molar-refractivity contribution in [3.63, 3.8) is 0 Å². The van der Waals surface area contributed by atoms with Gasteiger partial charge in [-0.3, -0.25) is 0 Å². The Morgan fingerprint density at radius 1 is 0.263 bits per heavy atom. The van der Waals surface area contributed by atoms with Gasteiger partial charge >= 0.3 is 0 Å². The van der Waals surface area contributed by atoms with E-state index in [0.717, 1.165) is 34.1 Å². The fourth-order valence-corrected chi connectivity index (χ4v) is 13.1. The van der Waals surface area contributed by atoms with Gasteiger partial charge in [-0.1, -0.05) is 146 Å². The highest BCUT2D eigenvalue weighted by atomic mass is 15.2. The van der Waals surface area contributed by atoms with Gasteiger partial charge in [-0.05, 0) is 159 Å². The van der Waals surface area contributed by atoms with Crippen molar-refractivity contribution in [3.8, 4) is 22.3 Å². The summed E-state index contributed by atoms with van der Waals surface area (Å²) >= 11 is 0. The molecular weight excluding hydrogens is 921 g/mol. The van der Waals surface area contributed by atoms with Crippen LogP contribution in [-0.4, -0.2) is 8.80 Å². The van der Waals surface area contributed by atoms with Crippen LogP contribution in [0.15, 0.2) is 218 Å². The minimum absolute atomic E-state index is 1.12. The summed E-state index contributed by atoms with van der Waals surface area (Å²) in [5.74, 6) is 0. The second-order valence-corrected chi connectivity index (χ2v) is 21.2. The quantitative estimate of drug-likeness (QED) is 0.151. The molecule has 362 valence electrons. The van der Waals surface area contributed by atoms with Gasteiger partial charge in [0.05, 0.1) is 33.1 Å². The SMILES string of the molecule is Cc1cc(N(c2ccccc2)c2ccc3c4cccc5c6c(-c7ccccc7)c7c(c(-c8ccccc8)c6n(c3c2)c45)c2cccc3c4ccc(N(c5ccccc5)c5cc(C)c(C)c(C)c5)cc4n7c32)cc(C)c1C. The van der Waals surface area contributed by atoms with Crippen molar-refractivity contribution in [2.24, 2.45) is 0 Å². The minimum atomic E-state index is 1.12. The van der Waals surface area contributed by atoms with Crippen LogP contribution in [0.1, 0.15) is 33.4 Å². The second-order valence-electron chi connectivity index (χ2n) is 21.2. The largest absolute Gasteiger partial charge is 0.310 e. The molecular formula is C72H54N4. The summed E-state index contributed by atoms with van der Waals surface area (Å²) in [4.78, 5) is 4.87. The Bertz CT molecular complexity index is 4440. The second kappa shape index (κ2) is 16.6. The van der Waals surface area contributed by atoms with Crippen molar-refractivity contribution in [2.75, 3.05) is 9.80 Å². The van der Waals surface area contributed by atoms with Gasteiger partial charge in [-0.15, -0.1) is 0 Å². The Kier molecular flexibility index (Phi) is 9.62. The van der Waals surface area contributed by atoms with Crippen LogP contribution in [0.4, 0.5) is 34.1 Å². The van der Waals surface area contributed by atoms with E-state index >= 15 is 0 Å². The highest BCUT2D eigenvalue weighted by molar-refractivity contribution is 6.38. The van der Waals surface area contributed by atoms with Crippen LogP contribution in [-0.2, 0) is 0 Å². The first kappa shape index (κ1) is 44.1. The van der Waals surface area contributed by atoms with Crippen LogP contribution in [0.5, 0.6) is 0 Å².